The Balaban J connectivity index is 1.95. The molecule has 0 unspecified atom stereocenters. The summed E-state index contributed by atoms with van der Waals surface area (Å²) in [5, 5.41) is 9.68. The van der Waals surface area contributed by atoms with E-state index in [1.807, 2.05) is 13.8 Å². The maximum Gasteiger partial charge on any atom is 0.306 e. The number of hydrogen-bond donors (Lipinski definition) is 1. The van der Waals surface area contributed by atoms with E-state index in [1.165, 1.54) is 36.9 Å². The van der Waals surface area contributed by atoms with Crippen molar-refractivity contribution in [1.29, 1.82) is 0 Å². The van der Waals surface area contributed by atoms with Gasteiger partial charge in [-0.15, -0.1) is 0 Å². The van der Waals surface area contributed by atoms with Gasteiger partial charge in [0.2, 0.25) is 10.0 Å². The second-order valence-corrected chi connectivity index (χ2v) is 14.6. The minimum Gasteiger partial charge on any atom is -0.481 e. The summed E-state index contributed by atoms with van der Waals surface area (Å²) in [4.78, 5) is 27.7. The molecule has 3 aromatic rings. The number of halogens is 3. The van der Waals surface area contributed by atoms with Crippen molar-refractivity contribution in [3.8, 4) is 0 Å². The molecule has 0 aliphatic carbocycles. The van der Waals surface area contributed by atoms with E-state index in [9.17, 15) is 23.1 Å². The fraction of sp³-hybridized carbons (Fsp3) is 0.375. The lowest BCUT2D eigenvalue weighted by Gasteiger charge is -2.50. The van der Waals surface area contributed by atoms with Gasteiger partial charge in [0.25, 0.3) is 5.91 Å². The molecule has 1 amide bonds. The zero-order valence-corrected chi connectivity index (χ0v) is 27.1. The van der Waals surface area contributed by atoms with Crippen molar-refractivity contribution in [2.24, 2.45) is 5.92 Å². The van der Waals surface area contributed by atoms with E-state index in [2.05, 4.69) is 0 Å². The molecule has 0 radical (unpaired) electrons. The Hall–Kier alpha value is -3.18. The van der Waals surface area contributed by atoms with Crippen LogP contribution in [0.25, 0.3) is 0 Å². The number of carbonyl (C=O) groups is 2. The number of ether oxygens (including phenoxy) is 1. The van der Waals surface area contributed by atoms with Gasteiger partial charge in [-0.25, -0.2) is 12.8 Å². The molecule has 12 heteroatoms. The first-order chi connectivity index (χ1) is 20.7. The smallest absolute Gasteiger partial charge is 0.306 e. The summed E-state index contributed by atoms with van der Waals surface area (Å²) in [7, 11) is -4.10. The maximum atomic E-state index is 15.2. The van der Waals surface area contributed by atoms with Gasteiger partial charge in [-0.1, -0.05) is 73.4 Å². The van der Waals surface area contributed by atoms with Crippen LogP contribution in [0, 0.1) is 11.7 Å². The lowest BCUT2D eigenvalue weighted by atomic mass is 9.88. The highest BCUT2D eigenvalue weighted by Gasteiger charge is 2.49. The van der Waals surface area contributed by atoms with Crippen LogP contribution in [-0.2, 0) is 24.3 Å². The number of carboxylic acid groups (broad SMARTS) is 1. The number of nitrogens with zero attached hydrogens (tertiary/aromatic N) is 2. The van der Waals surface area contributed by atoms with Crippen LogP contribution in [0.15, 0.2) is 72.8 Å². The van der Waals surface area contributed by atoms with Crippen LogP contribution in [0.5, 0.6) is 0 Å². The van der Waals surface area contributed by atoms with E-state index in [4.69, 9.17) is 27.9 Å². The van der Waals surface area contributed by atoms with E-state index in [0.29, 0.717) is 21.2 Å². The van der Waals surface area contributed by atoms with E-state index in [1.54, 1.807) is 54.6 Å². The Morgan fingerprint density at radius 1 is 0.977 bits per heavy atom. The van der Waals surface area contributed by atoms with Gasteiger partial charge in [-0.05, 0) is 67.3 Å². The first kappa shape index (κ1) is 33.7. The van der Waals surface area contributed by atoms with Crippen LogP contribution < -0.4 is 4.31 Å². The molecule has 1 aliphatic heterocycles. The average molecular weight is 666 g/mol. The molecule has 0 bridgehead atoms. The number of morpholine rings is 1. The summed E-state index contributed by atoms with van der Waals surface area (Å²) in [6.07, 6.45) is -2.89. The van der Waals surface area contributed by atoms with Crippen LogP contribution in [-0.4, -0.2) is 54.2 Å². The lowest BCUT2D eigenvalue weighted by Crippen LogP contribution is -2.59. The number of aliphatic carboxylic acids is 1. The van der Waals surface area contributed by atoms with E-state index >= 15 is 4.39 Å². The molecule has 8 nitrogen and oxygen atoms in total. The van der Waals surface area contributed by atoms with Crippen LogP contribution in [0.2, 0.25) is 10.0 Å². The molecule has 1 aliphatic rings. The van der Waals surface area contributed by atoms with Crippen molar-refractivity contribution in [2.75, 3.05) is 10.8 Å². The highest BCUT2D eigenvalue weighted by Crippen LogP contribution is 2.45. The molecular weight excluding hydrogens is 630 g/mol. The molecule has 0 spiro atoms. The van der Waals surface area contributed by atoms with E-state index in [0.717, 1.165) is 4.31 Å². The van der Waals surface area contributed by atoms with Gasteiger partial charge in [0.05, 0.1) is 36.0 Å². The molecule has 44 heavy (non-hydrogen) atoms. The zero-order valence-electron chi connectivity index (χ0n) is 24.7. The third kappa shape index (κ3) is 7.20. The van der Waals surface area contributed by atoms with Crippen LogP contribution >= 0.6 is 23.2 Å². The molecule has 1 heterocycles. The topological polar surface area (TPSA) is 104 Å². The predicted molar refractivity (Wildman–Crippen MR) is 169 cm³/mol. The number of hydrogen-bond acceptors (Lipinski definition) is 5. The minimum absolute atomic E-state index is 0.149. The zero-order chi connectivity index (χ0) is 32.3. The van der Waals surface area contributed by atoms with E-state index < -0.39 is 63.7 Å². The van der Waals surface area contributed by atoms with Crippen molar-refractivity contribution in [3.63, 3.8) is 0 Å². The number of anilines is 1. The fourth-order valence-electron chi connectivity index (χ4n) is 5.40. The lowest BCUT2D eigenvalue weighted by molar-refractivity contribution is -0.184. The predicted octanol–water partition coefficient (Wildman–Crippen LogP) is 6.89. The molecule has 1 fully saturated rings. The molecule has 0 aromatic heterocycles. The number of amides is 1. The maximum absolute atomic E-state index is 15.2. The molecule has 0 saturated carbocycles. The molecule has 1 N–H and O–H groups in total. The van der Waals surface area contributed by atoms with Gasteiger partial charge in [0, 0.05) is 10.0 Å². The van der Waals surface area contributed by atoms with Crippen molar-refractivity contribution < 1.29 is 32.2 Å². The van der Waals surface area contributed by atoms with Crippen molar-refractivity contribution >= 4 is 50.8 Å². The third-order valence-corrected chi connectivity index (χ3v) is 10.3. The van der Waals surface area contributed by atoms with Gasteiger partial charge in [0.1, 0.15) is 18.0 Å². The van der Waals surface area contributed by atoms with Gasteiger partial charge in [-0.3, -0.25) is 13.9 Å². The molecule has 4 rings (SSSR count). The standard InChI is InChI=1S/C32H35Cl2FN2O6S/c1-19(2)27(18-36(44(41,42)20(3)4)26-11-6-5-10-25(26)35)37-30(21-12-14-23(33)15-13-21)31(22-8-7-9-24(34)16-22)43-28(32(37)40)17-29(38)39/h5-16,19-20,27-28,30-31H,17-18H2,1-4H3,(H,38,39)/t27-,28-,30+,31+/m0/s1. The van der Waals surface area contributed by atoms with Gasteiger partial charge >= 0.3 is 5.97 Å². The second kappa shape index (κ2) is 13.9. The quantitative estimate of drug-likeness (QED) is 0.239. The SMILES string of the molecule is CC(C)[C@H](CN(c1ccccc1F)S(=O)(=O)C(C)C)N1C(=O)[C@H](CC(=O)O)O[C@H](c2cccc(Cl)c2)[C@H]1c1ccc(Cl)cc1. The molecule has 3 aromatic carbocycles. The minimum atomic E-state index is -4.10. The number of sulfonamides is 1. The summed E-state index contributed by atoms with van der Waals surface area (Å²) in [5.41, 5.74) is 1.06. The van der Waals surface area contributed by atoms with Gasteiger partial charge in [0.15, 0.2) is 0 Å². The summed E-state index contributed by atoms with van der Waals surface area (Å²) >= 11 is 12.6. The van der Waals surface area contributed by atoms with Crippen molar-refractivity contribution in [3.05, 3.63) is 99.8 Å². The largest absolute Gasteiger partial charge is 0.481 e. The normalized spacial score (nSPS) is 19.8. The monoisotopic (exact) mass is 664 g/mol. The number of benzene rings is 3. The van der Waals surface area contributed by atoms with Gasteiger partial charge < -0.3 is 14.7 Å². The summed E-state index contributed by atoms with van der Waals surface area (Å²) in [5.74, 6) is -2.97. The first-order valence-electron chi connectivity index (χ1n) is 14.2. The number of para-hydroxylation sites is 1. The van der Waals surface area contributed by atoms with Crippen molar-refractivity contribution in [2.45, 2.75) is 63.7 Å². The third-order valence-electron chi connectivity index (χ3n) is 7.68. The van der Waals surface area contributed by atoms with E-state index in [-0.39, 0.29) is 18.2 Å². The highest BCUT2D eigenvalue weighted by molar-refractivity contribution is 7.93. The Bertz CT molecular complexity index is 1600. The van der Waals surface area contributed by atoms with Crippen LogP contribution in [0.4, 0.5) is 10.1 Å². The Labute approximate surface area is 267 Å². The number of carbonyl (C=O) groups excluding carboxylic acids is 1. The Morgan fingerprint density at radius 3 is 2.20 bits per heavy atom. The fourth-order valence-corrected chi connectivity index (χ4v) is 7.02. The Kier molecular flexibility index (Phi) is 10.6. The summed E-state index contributed by atoms with van der Waals surface area (Å²) in [6, 6.07) is 17.5. The van der Waals surface area contributed by atoms with Crippen LogP contribution in [0.3, 0.4) is 0 Å². The average Bonchev–Trinajstić information content (AvgIpc) is 2.95. The second-order valence-electron chi connectivity index (χ2n) is 11.3. The summed E-state index contributed by atoms with van der Waals surface area (Å²) in [6.45, 7) is 6.37. The molecule has 1 saturated heterocycles. The Morgan fingerprint density at radius 2 is 1.64 bits per heavy atom. The highest BCUT2D eigenvalue weighted by atomic mass is 35.5. The molecular formula is C32H35Cl2FN2O6S. The number of carboxylic acids is 1. The van der Waals surface area contributed by atoms with Crippen LogP contribution in [0.1, 0.15) is 57.4 Å². The first-order valence-corrected chi connectivity index (χ1v) is 16.4. The van der Waals surface area contributed by atoms with Gasteiger partial charge in [-0.2, -0.15) is 0 Å². The molecule has 236 valence electrons. The molecule has 4 atom stereocenters. The van der Waals surface area contributed by atoms with Crippen molar-refractivity contribution in [1.82, 2.24) is 4.90 Å². The number of rotatable bonds is 11. The summed E-state index contributed by atoms with van der Waals surface area (Å²) < 4.78 is 50.0.